The van der Waals surface area contributed by atoms with Crippen LogP contribution in [0.2, 0.25) is 0 Å². The highest BCUT2D eigenvalue weighted by molar-refractivity contribution is 5.97. The molecule has 2 aromatic carbocycles. The summed E-state index contributed by atoms with van der Waals surface area (Å²) in [5.74, 6) is 0.711. The highest BCUT2D eigenvalue weighted by atomic mass is 16.5. The zero-order valence-corrected chi connectivity index (χ0v) is 20.5. The maximum absolute atomic E-state index is 13.7. The second-order valence-electron chi connectivity index (χ2n) is 9.34. The van der Waals surface area contributed by atoms with E-state index >= 15 is 0 Å². The number of aromatic nitrogens is 1. The number of hydrogen-bond donors (Lipinski definition) is 1. The van der Waals surface area contributed by atoms with Crippen molar-refractivity contribution in [3.8, 4) is 5.75 Å². The average molecular weight is 476 g/mol. The quantitative estimate of drug-likeness (QED) is 0.474. The van der Waals surface area contributed by atoms with Gasteiger partial charge in [-0.1, -0.05) is 43.7 Å². The van der Waals surface area contributed by atoms with Gasteiger partial charge in [0, 0.05) is 42.8 Å². The Morgan fingerprint density at radius 1 is 1.06 bits per heavy atom. The third-order valence-electron chi connectivity index (χ3n) is 7.11. The van der Waals surface area contributed by atoms with Gasteiger partial charge in [-0.3, -0.25) is 9.59 Å². The SMILES string of the molecule is CCCCOCCCN1CC(=O)N2[C@@H](c3cccc(OC)c3)c3[nH]c4ccccc4c3C[C@H]2C1=O. The Balaban J connectivity index is 1.47. The molecule has 3 heterocycles. The van der Waals surface area contributed by atoms with Gasteiger partial charge >= 0.3 is 0 Å². The molecule has 184 valence electrons. The fourth-order valence-corrected chi connectivity index (χ4v) is 5.38. The summed E-state index contributed by atoms with van der Waals surface area (Å²) >= 11 is 0. The highest BCUT2D eigenvalue weighted by Crippen LogP contribution is 2.43. The van der Waals surface area contributed by atoms with Crippen LogP contribution in [-0.4, -0.2) is 66.1 Å². The molecule has 0 radical (unpaired) electrons. The molecule has 1 fully saturated rings. The lowest BCUT2D eigenvalue weighted by molar-refractivity contribution is -0.158. The van der Waals surface area contributed by atoms with Gasteiger partial charge in [0.1, 0.15) is 11.8 Å². The highest BCUT2D eigenvalue weighted by Gasteiger charge is 2.48. The van der Waals surface area contributed by atoms with Crippen LogP contribution in [-0.2, 0) is 20.7 Å². The summed E-state index contributed by atoms with van der Waals surface area (Å²) in [5, 5.41) is 1.11. The lowest BCUT2D eigenvalue weighted by Gasteiger charge is -2.47. The van der Waals surface area contributed by atoms with Crippen molar-refractivity contribution in [2.75, 3.05) is 33.4 Å². The third-order valence-corrected chi connectivity index (χ3v) is 7.11. The Morgan fingerprint density at radius 3 is 2.71 bits per heavy atom. The van der Waals surface area contributed by atoms with Crippen molar-refractivity contribution in [3.05, 3.63) is 65.4 Å². The number of ether oxygens (including phenoxy) is 2. The standard InChI is InChI=1S/C28H33N3O4/c1-3-4-14-35-15-8-13-30-18-25(32)31-24(28(30)33)17-22-21-11-5-6-12-23(21)29-26(22)27(31)19-9-7-10-20(16-19)34-2/h5-7,9-12,16,24,27,29H,3-4,8,13-15,17-18H2,1-2H3/t24-,27-/m0/s1. The Labute approximate surface area is 206 Å². The Morgan fingerprint density at radius 2 is 1.89 bits per heavy atom. The molecular formula is C28H33N3O4. The molecule has 35 heavy (non-hydrogen) atoms. The molecule has 7 heteroatoms. The van der Waals surface area contributed by atoms with E-state index in [1.807, 2.05) is 42.5 Å². The molecular weight excluding hydrogens is 442 g/mol. The van der Waals surface area contributed by atoms with E-state index in [1.165, 1.54) is 0 Å². The Bertz CT molecular complexity index is 1220. The van der Waals surface area contributed by atoms with E-state index in [0.29, 0.717) is 19.6 Å². The number of H-pyrrole nitrogens is 1. The fourth-order valence-electron chi connectivity index (χ4n) is 5.38. The van der Waals surface area contributed by atoms with Crippen LogP contribution < -0.4 is 4.74 Å². The van der Waals surface area contributed by atoms with E-state index in [2.05, 4.69) is 18.0 Å². The molecule has 0 spiro atoms. The first kappa shape index (κ1) is 23.4. The average Bonchev–Trinajstić information content (AvgIpc) is 3.26. The zero-order chi connectivity index (χ0) is 24.4. The number of carbonyl (C=O) groups is 2. The van der Waals surface area contributed by atoms with Crippen molar-refractivity contribution in [2.45, 2.75) is 44.7 Å². The fraction of sp³-hybridized carbons (Fsp3) is 0.429. The van der Waals surface area contributed by atoms with E-state index in [9.17, 15) is 9.59 Å². The molecule has 1 saturated heterocycles. The van der Waals surface area contributed by atoms with Gasteiger partial charge in [-0.2, -0.15) is 0 Å². The number of para-hydroxylation sites is 1. The van der Waals surface area contributed by atoms with Gasteiger partial charge in [0.2, 0.25) is 11.8 Å². The molecule has 0 saturated carbocycles. The number of hydrogen-bond acceptors (Lipinski definition) is 4. The third kappa shape index (κ3) is 4.41. The Hall–Kier alpha value is -3.32. The first-order valence-corrected chi connectivity index (χ1v) is 12.5. The number of methoxy groups -OCH3 is 1. The minimum atomic E-state index is -0.528. The van der Waals surface area contributed by atoms with Crippen LogP contribution in [0.15, 0.2) is 48.5 Å². The number of rotatable bonds is 9. The number of aromatic amines is 1. The normalized spacial score (nSPS) is 19.7. The van der Waals surface area contributed by atoms with Crippen molar-refractivity contribution in [1.82, 2.24) is 14.8 Å². The molecule has 5 rings (SSSR count). The second kappa shape index (κ2) is 10.1. The van der Waals surface area contributed by atoms with Crippen LogP contribution in [0, 0.1) is 0 Å². The molecule has 0 aliphatic carbocycles. The number of fused-ring (bicyclic) bond motifs is 4. The predicted octanol–water partition coefficient (Wildman–Crippen LogP) is 4.07. The van der Waals surface area contributed by atoms with E-state index in [1.54, 1.807) is 16.9 Å². The number of carbonyl (C=O) groups excluding carboxylic acids is 2. The van der Waals surface area contributed by atoms with Crippen LogP contribution in [0.25, 0.3) is 10.9 Å². The minimum Gasteiger partial charge on any atom is -0.497 e. The van der Waals surface area contributed by atoms with Crippen molar-refractivity contribution in [1.29, 1.82) is 0 Å². The molecule has 2 aliphatic rings. The summed E-state index contributed by atoms with van der Waals surface area (Å²) in [7, 11) is 1.64. The van der Waals surface area contributed by atoms with Crippen LogP contribution >= 0.6 is 0 Å². The predicted molar refractivity (Wildman–Crippen MR) is 134 cm³/mol. The molecule has 0 bridgehead atoms. The molecule has 1 N–H and O–H groups in total. The van der Waals surface area contributed by atoms with Gasteiger partial charge in [-0.05, 0) is 42.2 Å². The van der Waals surface area contributed by atoms with Crippen molar-refractivity contribution in [3.63, 3.8) is 0 Å². The maximum Gasteiger partial charge on any atom is 0.246 e. The zero-order valence-electron chi connectivity index (χ0n) is 20.5. The van der Waals surface area contributed by atoms with Gasteiger partial charge in [0.05, 0.1) is 19.7 Å². The first-order valence-electron chi connectivity index (χ1n) is 12.5. The second-order valence-corrected chi connectivity index (χ2v) is 9.34. The van der Waals surface area contributed by atoms with E-state index in [-0.39, 0.29) is 24.4 Å². The minimum absolute atomic E-state index is 0.0157. The molecule has 7 nitrogen and oxygen atoms in total. The van der Waals surface area contributed by atoms with E-state index < -0.39 is 6.04 Å². The molecule has 2 atom stereocenters. The number of unbranched alkanes of at least 4 members (excludes halogenated alkanes) is 1. The molecule has 3 aromatic rings. The number of piperazine rings is 1. The maximum atomic E-state index is 13.7. The van der Waals surface area contributed by atoms with Crippen LogP contribution in [0.1, 0.15) is 49.0 Å². The lowest BCUT2D eigenvalue weighted by atomic mass is 9.86. The summed E-state index contributed by atoms with van der Waals surface area (Å²) < 4.78 is 11.1. The van der Waals surface area contributed by atoms with Crippen molar-refractivity contribution < 1.29 is 19.1 Å². The van der Waals surface area contributed by atoms with Gasteiger partial charge in [-0.25, -0.2) is 0 Å². The van der Waals surface area contributed by atoms with E-state index in [0.717, 1.165) is 59.3 Å². The van der Waals surface area contributed by atoms with Crippen LogP contribution in [0.5, 0.6) is 5.75 Å². The number of nitrogens with one attached hydrogen (secondary N) is 1. The van der Waals surface area contributed by atoms with Gasteiger partial charge < -0.3 is 24.3 Å². The summed E-state index contributed by atoms with van der Waals surface area (Å²) in [6.07, 6.45) is 3.37. The van der Waals surface area contributed by atoms with Gasteiger partial charge in [-0.15, -0.1) is 0 Å². The summed E-state index contributed by atoms with van der Waals surface area (Å²) in [6, 6.07) is 15.0. The van der Waals surface area contributed by atoms with Gasteiger partial charge in [0.25, 0.3) is 0 Å². The van der Waals surface area contributed by atoms with E-state index in [4.69, 9.17) is 9.47 Å². The monoisotopic (exact) mass is 475 g/mol. The molecule has 2 amide bonds. The summed E-state index contributed by atoms with van der Waals surface area (Å²) in [6.45, 7) is 4.11. The van der Waals surface area contributed by atoms with Crippen molar-refractivity contribution >= 4 is 22.7 Å². The Kier molecular flexibility index (Phi) is 6.77. The van der Waals surface area contributed by atoms with Crippen LogP contribution in [0.4, 0.5) is 0 Å². The smallest absolute Gasteiger partial charge is 0.246 e. The topological polar surface area (TPSA) is 74.9 Å². The van der Waals surface area contributed by atoms with Crippen LogP contribution in [0.3, 0.4) is 0 Å². The number of nitrogens with zero attached hydrogens (tertiary/aromatic N) is 2. The molecule has 1 aromatic heterocycles. The first-order chi connectivity index (χ1) is 17.1. The lowest BCUT2D eigenvalue weighted by Crippen LogP contribution is -2.63. The largest absolute Gasteiger partial charge is 0.497 e. The number of amides is 2. The molecule has 2 aliphatic heterocycles. The summed E-state index contributed by atoms with van der Waals surface area (Å²) in [5.41, 5.74) is 4.04. The van der Waals surface area contributed by atoms with Gasteiger partial charge in [0.15, 0.2) is 0 Å². The molecule has 0 unspecified atom stereocenters. The van der Waals surface area contributed by atoms with Crippen molar-refractivity contribution in [2.24, 2.45) is 0 Å². The summed E-state index contributed by atoms with van der Waals surface area (Å²) in [4.78, 5) is 34.3. The number of benzene rings is 2.